The molecule has 0 aromatic heterocycles. The Morgan fingerprint density at radius 3 is 2.88 bits per heavy atom. The molecule has 2 rings (SSSR count). The molecule has 2 atom stereocenters. The maximum Gasteiger partial charge on any atom is 0.303 e. The van der Waals surface area contributed by atoms with E-state index >= 15 is 0 Å². The number of hydrogen-bond donors (Lipinski definition) is 2. The normalized spacial score (nSPS) is 33.0. The SMILES string of the molecule is NC1(C(=O)N2CCC(CC(=O)O)C2)CCOC1. The summed E-state index contributed by atoms with van der Waals surface area (Å²) in [7, 11) is 0. The number of carbonyl (C=O) groups is 2. The van der Waals surface area contributed by atoms with Crippen molar-refractivity contribution in [3.8, 4) is 0 Å². The van der Waals surface area contributed by atoms with E-state index in [4.69, 9.17) is 15.6 Å². The predicted octanol–water partition coefficient (Wildman–Crippen LogP) is -0.573. The molecule has 6 heteroatoms. The highest BCUT2D eigenvalue weighted by Gasteiger charge is 2.42. The number of carboxylic acid groups (broad SMARTS) is 1. The van der Waals surface area contributed by atoms with Gasteiger partial charge in [0.2, 0.25) is 5.91 Å². The highest BCUT2D eigenvalue weighted by molar-refractivity contribution is 5.87. The molecule has 2 aliphatic rings. The second kappa shape index (κ2) is 4.62. The van der Waals surface area contributed by atoms with Gasteiger partial charge in [0.15, 0.2) is 0 Å². The minimum absolute atomic E-state index is 0.0578. The number of hydrogen-bond acceptors (Lipinski definition) is 4. The van der Waals surface area contributed by atoms with Crippen LogP contribution in [-0.4, -0.2) is 53.7 Å². The number of nitrogens with zero attached hydrogens (tertiary/aromatic N) is 1. The van der Waals surface area contributed by atoms with Gasteiger partial charge in [-0.1, -0.05) is 0 Å². The molecule has 2 aliphatic heterocycles. The number of rotatable bonds is 3. The van der Waals surface area contributed by atoms with Gasteiger partial charge in [0.25, 0.3) is 0 Å². The van der Waals surface area contributed by atoms with E-state index in [-0.39, 0.29) is 24.9 Å². The van der Waals surface area contributed by atoms with Crippen LogP contribution in [0.5, 0.6) is 0 Å². The molecule has 2 saturated heterocycles. The van der Waals surface area contributed by atoms with Gasteiger partial charge in [0.05, 0.1) is 6.61 Å². The van der Waals surface area contributed by atoms with Crippen LogP contribution in [-0.2, 0) is 14.3 Å². The third-order valence-corrected chi connectivity index (χ3v) is 3.51. The van der Waals surface area contributed by atoms with Crippen LogP contribution in [0.4, 0.5) is 0 Å². The molecule has 17 heavy (non-hydrogen) atoms. The Balaban J connectivity index is 1.91. The summed E-state index contributed by atoms with van der Waals surface area (Å²) in [5, 5.41) is 8.71. The Morgan fingerprint density at radius 2 is 2.29 bits per heavy atom. The second-order valence-corrected chi connectivity index (χ2v) is 4.96. The molecule has 0 aromatic rings. The Kier molecular flexibility index (Phi) is 3.35. The fraction of sp³-hybridized carbons (Fsp3) is 0.818. The van der Waals surface area contributed by atoms with Gasteiger partial charge in [-0.05, 0) is 18.8 Å². The largest absolute Gasteiger partial charge is 0.481 e. The van der Waals surface area contributed by atoms with Gasteiger partial charge in [0.1, 0.15) is 5.54 Å². The quantitative estimate of drug-likeness (QED) is 0.691. The van der Waals surface area contributed by atoms with E-state index in [1.54, 1.807) is 4.90 Å². The van der Waals surface area contributed by atoms with Crippen molar-refractivity contribution in [3.63, 3.8) is 0 Å². The van der Waals surface area contributed by atoms with Crippen LogP contribution in [0, 0.1) is 5.92 Å². The smallest absolute Gasteiger partial charge is 0.303 e. The lowest BCUT2D eigenvalue weighted by Crippen LogP contribution is -2.55. The molecular weight excluding hydrogens is 224 g/mol. The van der Waals surface area contributed by atoms with Crippen LogP contribution in [0.15, 0.2) is 0 Å². The van der Waals surface area contributed by atoms with E-state index in [1.807, 2.05) is 0 Å². The summed E-state index contributed by atoms with van der Waals surface area (Å²) in [6.07, 6.45) is 1.42. The molecule has 0 bridgehead atoms. The van der Waals surface area contributed by atoms with Crippen molar-refractivity contribution in [2.75, 3.05) is 26.3 Å². The highest BCUT2D eigenvalue weighted by Crippen LogP contribution is 2.25. The van der Waals surface area contributed by atoms with E-state index in [9.17, 15) is 9.59 Å². The zero-order chi connectivity index (χ0) is 12.5. The maximum atomic E-state index is 12.2. The van der Waals surface area contributed by atoms with Crippen molar-refractivity contribution < 1.29 is 19.4 Å². The number of ether oxygens (including phenoxy) is 1. The minimum Gasteiger partial charge on any atom is -0.481 e. The number of carboxylic acids is 1. The van der Waals surface area contributed by atoms with Crippen molar-refractivity contribution in [2.45, 2.75) is 24.8 Å². The fourth-order valence-corrected chi connectivity index (χ4v) is 2.49. The topological polar surface area (TPSA) is 92.9 Å². The summed E-state index contributed by atoms with van der Waals surface area (Å²) >= 11 is 0. The van der Waals surface area contributed by atoms with Crippen molar-refractivity contribution in [1.29, 1.82) is 0 Å². The third-order valence-electron chi connectivity index (χ3n) is 3.51. The molecule has 2 fully saturated rings. The van der Waals surface area contributed by atoms with Gasteiger partial charge < -0.3 is 20.5 Å². The summed E-state index contributed by atoms with van der Waals surface area (Å²) in [6.45, 7) is 1.90. The Morgan fingerprint density at radius 1 is 1.53 bits per heavy atom. The van der Waals surface area contributed by atoms with Gasteiger partial charge in [-0.25, -0.2) is 0 Å². The van der Waals surface area contributed by atoms with Gasteiger partial charge in [-0.3, -0.25) is 9.59 Å². The van der Waals surface area contributed by atoms with Crippen LogP contribution < -0.4 is 5.73 Å². The summed E-state index contributed by atoms with van der Waals surface area (Å²) in [5.74, 6) is -0.846. The first kappa shape index (κ1) is 12.3. The molecule has 0 spiro atoms. The van der Waals surface area contributed by atoms with E-state index in [0.717, 1.165) is 6.42 Å². The van der Waals surface area contributed by atoms with E-state index in [1.165, 1.54) is 0 Å². The van der Waals surface area contributed by atoms with E-state index < -0.39 is 11.5 Å². The first-order valence-corrected chi connectivity index (χ1v) is 5.89. The van der Waals surface area contributed by atoms with Crippen molar-refractivity contribution in [1.82, 2.24) is 4.90 Å². The Bertz CT molecular complexity index is 325. The molecule has 0 aliphatic carbocycles. The molecule has 6 nitrogen and oxygen atoms in total. The second-order valence-electron chi connectivity index (χ2n) is 4.96. The zero-order valence-corrected chi connectivity index (χ0v) is 9.72. The fourth-order valence-electron chi connectivity index (χ4n) is 2.49. The van der Waals surface area contributed by atoms with Crippen LogP contribution in [0.3, 0.4) is 0 Å². The number of carbonyl (C=O) groups excluding carboxylic acids is 1. The number of amides is 1. The van der Waals surface area contributed by atoms with Gasteiger partial charge in [-0.2, -0.15) is 0 Å². The van der Waals surface area contributed by atoms with Gasteiger partial charge >= 0.3 is 5.97 Å². The molecule has 2 unspecified atom stereocenters. The van der Waals surface area contributed by atoms with Gasteiger partial charge in [0, 0.05) is 26.1 Å². The summed E-state index contributed by atoms with van der Waals surface area (Å²) in [4.78, 5) is 24.5. The average molecular weight is 242 g/mol. The Labute approximate surface area is 99.7 Å². The summed E-state index contributed by atoms with van der Waals surface area (Å²) in [5.41, 5.74) is 5.11. The number of aliphatic carboxylic acids is 1. The lowest BCUT2D eigenvalue weighted by molar-refractivity contribution is -0.139. The number of nitrogens with two attached hydrogens (primary N) is 1. The molecule has 3 N–H and O–H groups in total. The first-order chi connectivity index (χ1) is 8.01. The molecule has 0 radical (unpaired) electrons. The van der Waals surface area contributed by atoms with Crippen LogP contribution in [0.25, 0.3) is 0 Å². The third kappa shape index (κ3) is 2.58. The highest BCUT2D eigenvalue weighted by atomic mass is 16.5. The van der Waals surface area contributed by atoms with Crippen LogP contribution in [0.2, 0.25) is 0 Å². The average Bonchev–Trinajstić information content (AvgIpc) is 2.86. The molecule has 0 saturated carbocycles. The summed E-state index contributed by atoms with van der Waals surface area (Å²) < 4.78 is 5.17. The number of likely N-dealkylation sites (tertiary alicyclic amines) is 1. The molecule has 1 amide bonds. The van der Waals surface area contributed by atoms with Crippen molar-refractivity contribution >= 4 is 11.9 Å². The van der Waals surface area contributed by atoms with Crippen molar-refractivity contribution in [3.05, 3.63) is 0 Å². The molecule has 96 valence electrons. The lowest BCUT2D eigenvalue weighted by atomic mass is 9.98. The molecule has 2 heterocycles. The van der Waals surface area contributed by atoms with E-state index in [0.29, 0.717) is 26.1 Å². The Hall–Kier alpha value is -1.14. The maximum absolute atomic E-state index is 12.2. The molecular formula is C11H18N2O4. The zero-order valence-electron chi connectivity index (χ0n) is 9.72. The standard InChI is InChI=1S/C11H18N2O4/c12-11(2-4-17-7-11)10(16)13-3-1-8(6-13)5-9(14)15/h8H,1-7,12H2,(H,14,15). The first-order valence-electron chi connectivity index (χ1n) is 5.89. The van der Waals surface area contributed by atoms with Gasteiger partial charge in [-0.15, -0.1) is 0 Å². The van der Waals surface area contributed by atoms with E-state index in [2.05, 4.69) is 0 Å². The predicted molar refractivity (Wildman–Crippen MR) is 59.3 cm³/mol. The monoisotopic (exact) mass is 242 g/mol. The molecule has 0 aromatic carbocycles. The lowest BCUT2D eigenvalue weighted by Gasteiger charge is -2.27. The minimum atomic E-state index is -0.891. The van der Waals surface area contributed by atoms with Crippen molar-refractivity contribution in [2.24, 2.45) is 11.7 Å². The summed E-state index contributed by atoms with van der Waals surface area (Å²) in [6, 6.07) is 0. The van der Waals surface area contributed by atoms with Crippen LogP contribution >= 0.6 is 0 Å². The van der Waals surface area contributed by atoms with Crippen LogP contribution in [0.1, 0.15) is 19.3 Å².